The maximum atomic E-state index is 4.58. The van der Waals surface area contributed by atoms with Crippen LogP contribution in [-0.4, -0.2) is 11.0 Å². The Morgan fingerprint density at radius 1 is 1.60 bits per heavy atom. The van der Waals surface area contributed by atoms with Crippen molar-refractivity contribution < 1.29 is 4.74 Å². The highest BCUT2D eigenvalue weighted by Gasteiger charge is 1.84. The van der Waals surface area contributed by atoms with Gasteiger partial charge in [-0.1, -0.05) is 0 Å². The van der Waals surface area contributed by atoms with Crippen LogP contribution in [0.15, 0.2) is 0 Å². The van der Waals surface area contributed by atoms with E-state index in [9.17, 15) is 0 Å². The summed E-state index contributed by atoms with van der Waals surface area (Å²) < 4.78 is 4.59. The van der Waals surface area contributed by atoms with Gasteiger partial charge in [0.25, 0.3) is 0 Å². The predicted molar refractivity (Wildman–Crippen MR) is 28.7 cm³/mol. The maximum Gasteiger partial charge on any atom is 0.166 e. The first-order chi connectivity index (χ1) is 2.27. The van der Waals surface area contributed by atoms with Crippen LogP contribution in [0.2, 0.25) is 0 Å². The summed E-state index contributed by atoms with van der Waals surface area (Å²) in [7, 11) is 1.61. The molecule has 32 valence electrons. The Labute approximate surface area is 48.0 Å². The maximum absolute atomic E-state index is 4.58. The third kappa shape index (κ3) is 4.92. The summed E-state index contributed by atoms with van der Waals surface area (Å²) in [6.45, 7) is 0. The van der Waals surface area contributed by atoms with Gasteiger partial charge in [-0.3, -0.25) is 0 Å². The molecule has 0 N–H and O–H groups in total. The van der Waals surface area contributed by atoms with E-state index in [4.69, 9.17) is 0 Å². The summed E-state index contributed by atoms with van der Waals surface area (Å²) >= 11 is 6.14. The molecule has 3 heteroatoms. The van der Waals surface area contributed by atoms with Gasteiger partial charge in [-0.15, -0.1) is 0 Å². The molecule has 0 saturated carbocycles. The highest BCUT2D eigenvalue weighted by Crippen LogP contribution is 2.05. The number of ether oxygens (including phenoxy) is 1. The fourth-order valence-electron chi connectivity index (χ4n) is 0. The van der Waals surface area contributed by atoms with Gasteiger partial charge in [0.15, 0.2) is 3.92 Å². The molecule has 0 heterocycles. The van der Waals surface area contributed by atoms with Crippen LogP contribution < -0.4 is 0 Å². The van der Waals surface area contributed by atoms with E-state index < -0.39 is 0 Å². The van der Waals surface area contributed by atoms with Crippen LogP contribution in [0.25, 0.3) is 0 Å². The molecule has 0 atom stereocenters. The van der Waals surface area contributed by atoms with Crippen LogP contribution in [0.3, 0.4) is 0 Å². The second kappa shape index (κ2) is 3.12. The monoisotopic (exact) mass is 202 g/mol. The lowest BCUT2D eigenvalue weighted by Crippen LogP contribution is -1.83. The van der Waals surface area contributed by atoms with Crippen molar-refractivity contribution in [3.8, 4) is 0 Å². The van der Waals surface area contributed by atoms with E-state index in [1.165, 1.54) is 0 Å². The molecule has 5 heavy (non-hydrogen) atoms. The minimum atomic E-state index is 0.00926. The topological polar surface area (TPSA) is 9.23 Å². The molecule has 0 bridgehead atoms. The van der Waals surface area contributed by atoms with Gasteiger partial charge < -0.3 is 4.74 Å². The molecule has 0 aliphatic heterocycles. The van der Waals surface area contributed by atoms with Crippen LogP contribution >= 0.6 is 31.9 Å². The molecule has 1 nitrogen and oxygen atoms in total. The summed E-state index contributed by atoms with van der Waals surface area (Å²) in [4.78, 5) is 0. The number of rotatable bonds is 1. The molecule has 0 rings (SSSR count). The van der Waals surface area contributed by atoms with E-state index in [1.807, 2.05) is 0 Å². The van der Waals surface area contributed by atoms with Crippen LogP contribution in [0.4, 0.5) is 0 Å². The fraction of sp³-hybridized carbons (Fsp3) is 1.00. The minimum Gasteiger partial charge on any atom is -0.360 e. The normalized spacial score (nSPS) is 9.60. The summed E-state index contributed by atoms with van der Waals surface area (Å²) in [6.07, 6.45) is 0. The van der Waals surface area contributed by atoms with Gasteiger partial charge in [0.1, 0.15) is 0 Å². The molecule has 0 unspecified atom stereocenters. The second-order valence-electron chi connectivity index (χ2n) is 0.496. The van der Waals surface area contributed by atoms with E-state index >= 15 is 0 Å². The molecule has 0 aromatic heterocycles. The Morgan fingerprint density at radius 2 is 1.80 bits per heavy atom. The largest absolute Gasteiger partial charge is 0.360 e. The lowest BCUT2D eigenvalue weighted by atomic mass is 11.5. The van der Waals surface area contributed by atoms with Gasteiger partial charge in [0.05, 0.1) is 0 Å². The molecule has 0 amide bonds. The number of methoxy groups -OCH3 is 1. The Kier molecular flexibility index (Phi) is 3.70. The zero-order valence-corrected chi connectivity index (χ0v) is 5.91. The molecular formula is C2H4Br2O. The van der Waals surface area contributed by atoms with Crippen molar-refractivity contribution in [2.24, 2.45) is 0 Å². The standard InChI is InChI=1S/C2H4Br2O/c1-5-2(3)4/h2H,1H3. The van der Waals surface area contributed by atoms with Crippen LogP contribution in [0, 0.1) is 0 Å². The molecule has 0 aliphatic carbocycles. The Balaban J connectivity index is 2.54. The van der Waals surface area contributed by atoms with E-state index in [-0.39, 0.29) is 3.92 Å². The van der Waals surface area contributed by atoms with Gasteiger partial charge in [-0.05, 0) is 31.9 Å². The van der Waals surface area contributed by atoms with Crippen LogP contribution in [0.1, 0.15) is 0 Å². The Morgan fingerprint density at radius 3 is 1.80 bits per heavy atom. The number of hydrogen-bond donors (Lipinski definition) is 0. The van der Waals surface area contributed by atoms with Gasteiger partial charge >= 0.3 is 0 Å². The van der Waals surface area contributed by atoms with Crippen LogP contribution in [-0.2, 0) is 4.74 Å². The molecular weight excluding hydrogens is 200 g/mol. The highest BCUT2D eigenvalue weighted by atomic mass is 79.9. The average Bonchev–Trinajstić information content (AvgIpc) is 1.38. The summed E-state index contributed by atoms with van der Waals surface area (Å²) in [5.74, 6) is 0. The first-order valence-corrected chi connectivity index (χ1v) is 2.91. The average molecular weight is 204 g/mol. The van der Waals surface area contributed by atoms with Crippen molar-refractivity contribution >= 4 is 31.9 Å². The van der Waals surface area contributed by atoms with Crippen molar-refractivity contribution in [3.63, 3.8) is 0 Å². The molecule has 0 aliphatic rings. The zero-order valence-electron chi connectivity index (χ0n) is 2.74. The third-order valence-electron chi connectivity index (χ3n) is 0.178. The molecule has 0 radical (unpaired) electrons. The van der Waals surface area contributed by atoms with Crippen molar-refractivity contribution in [1.82, 2.24) is 0 Å². The van der Waals surface area contributed by atoms with Crippen molar-refractivity contribution in [2.75, 3.05) is 7.11 Å². The minimum absolute atomic E-state index is 0.00926. The van der Waals surface area contributed by atoms with E-state index in [1.54, 1.807) is 7.11 Å². The molecule has 0 aromatic carbocycles. The second-order valence-corrected chi connectivity index (χ2v) is 3.39. The zero-order chi connectivity index (χ0) is 4.28. The molecule has 0 aromatic rings. The summed E-state index contributed by atoms with van der Waals surface area (Å²) in [5, 5.41) is 0. The van der Waals surface area contributed by atoms with Crippen molar-refractivity contribution in [1.29, 1.82) is 0 Å². The summed E-state index contributed by atoms with van der Waals surface area (Å²) in [6, 6.07) is 0. The molecule has 0 spiro atoms. The SMILES string of the molecule is COC(Br)Br. The lowest BCUT2D eigenvalue weighted by molar-refractivity contribution is 0.244. The predicted octanol–water partition coefficient (Wildman–Crippen LogP) is 1.71. The first-order valence-electron chi connectivity index (χ1n) is 1.08. The van der Waals surface area contributed by atoms with Crippen LogP contribution in [0.5, 0.6) is 0 Å². The van der Waals surface area contributed by atoms with Crippen molar-refractivity contribution in [3.05, 3.63) is 0 Å². The smallest absolute Gasteiger partial charge is 0.166 e. The highest BCUT2D eigenvalue weighted by molar-refractivity contribution is 9.24. The van der Waals surface area contributed by atoms with Gasteiger partial charge in [0.2, 0.25) is 0 Å². The summed E-state index contributed by atoms with van der Waals surface area (Å²) in [5.41, 5.74) is 0. The third-order valence-corrected chi connectivity index (χ3v) is 0.926. The quantitative estimate of drug-likeness (QED) is 0.590. The van der Waals surface area contributed by atoms with E-state index in [0.717, 1.165) is 0 Å². The Bertz CT molecular complexity index is 21.6. The van der Waals surface area contributed by atoms with Gasteiger partial charge in [0, 0.05) is 7.11 Å². The first kappa shape index (κ1) is 5.92. The fourth-order valence-corrected chi connectivity index (χ4v) is 0. The molecule has 0 saturated heterocycles. The number of alkyl halides is 2. The van der Waals surface area contributed by atoms with Gasteiger partial charge in [-0.25, -0.2) is 0 Å². The number of halogens is 2. The number of hydrogen-bond acceptors (Lipinski definition) is 1. The van der Waals surface area contributed by atoms with E-state index in [2.05, 4.69) is 36.6 Å². The lowest BCUT2D eigenvalue weighted by Gasteiger charge is -1.89. The Hall–Kier alpha value is 0.920. The van der Waals surface area contributed by atoms with Crippen molar-refractivity contribution in [2.45, 2.75) is 3.92 Å². The van der Waals surface area contributed by atoms with Gasteiger partial charge in [-0.2, -0.15) is 0 Å². The molecule has 0 fully saturated rings. The van der Waals surface area contributed by atoms with E-state index in [0.29, 0.717) is 0 Å².